The average molecular weight is 309 g/mol. The number of nitrogens with zero attached hydrogens (tertiary/aromatic N) is 2. The Morgan fingerprint density at radius 2 is 2.00 bits per heavy atom. The van der Waals surface area contributed by atoms with Gasteiger partial charge in [0, 0.05) is 17.8 Å². The first-order valence-corrected chi connectivity index (χ1v) is 7.57. The monoisotopic (exact) mass is 309 g/mol. The number of benzene rings is 2. The lowest BCUT2D eigenvalue weighted by Gasteiger charge is -2.08. The lowest BCUT2D eigenvalue weighted by Crippen LogP contribution is -2.30. The first-order chi connectivity index (χ1) is 11.1. The summed E-state index contributed by atoms with van der Waals surface area (Å²) in [5.74, 6) is 0.660. The molecule has 1 atom stereocenters. The van der Waals surface area contributed by atoms with Crippen LogP contribution in [-0.2, 0) is 0 Å². The van der Waals surface area contributed by atoms with Crippen LogP contribution in [0.3, 0.4) is 0 Å². The second kappa shape index (κ2) is 6.22. The Morgan fingerprint density at radius 1 is 1.26 bits per heavy atom. The number of imidazole rings is 1. The number of nitrogens with one attached hydrogen (secondary N) is 1. The van der Waals surface area contributed by atoms with Gasteiger partial charge in [-0.1, -0.05) is 18.2 Å². The van der Waals surface area contributed by atoms with E-state index >= 15 is 0 Å². The zero-order valence-corrected chi connectivity index (χ0v) is 13.2. The van der Waals surface area contributed by atoms with E-state index in [1.807, 2.05) is 43.3 Å². The molecular weight excluding hydrogens is 290 g/mol. The van der Waals surface area contributed by atoms with E-state index in [2.05, 4.69) is 14.9 Å². The van der Waals surface area contributed by atoms with Crippen LogP contribution in [0.15, 0.2) is 48.5 Å². The van der Waals surface area contributed by atoms with Gasteiger partial charge < -0.3 is 10.4 Å². The van der Waals surface area contributed by atoms with Crippen LogP contribution in [0.2, 0.25) is 0 Å². The van der Waals surface area contributed by atoms with Crippen LogP contribution >= 0.6 is 0 Å². The molecule has 0 bridgehead atoms. The van der Waals surface area contributed by atoms with Crippen molar-refractivity contribution in [1.29, 1.82) is 0 Å². The Hall–Kier alpha value is -2.66. The van der Waals surface area contributed by atoms with Crippen LogP contribution in [-0.4, -0.2) is 33.2 Å². The summed E-state index contributed by atoms with van der Waals surface area (Å²) >= 11 is 0. The summed E-state index contributed by atoms with van der Waals surface area (Å²) in [6.07, 6.45) is -0.567. The van der Waals surface area contributed by atoms with Gasteiger partial charge in [0.1, 0.15) is 5.82 Å². The van der Waals surface area contributed by atoms with Gasteiger partial charge in [-0.25, -0.2) is 4.98 Å². The zero-order chi connectivity index (χ0) is 16.4. The number of aliphatic hydroxyl groups is 1. The zero-order valence-electron chi connectivity index (χ0n) is 13.2. The SMILES string of the molecule is Cc1nc2cc(C(=O)NCC(C)O)ccc2n1-c1ccccc1. The van der Waals surface area contributed by atoms with E-state index in [1.54, 1.807) is 19.1 Å². The molecule has 0 aliphatic carbocycles. The maximum Gasteiger partial charge on any atom is 0.251 e. The standard InChI is InChI=1S/C18H19N3O2/c1-12(22)11-19-18(23)14-8-9-17-16(10-14)20-13(2)21(17)15-6-4-3-5-7-15/h3-10,12,22H,11H2,1-2H3,(H,19,23). The minimum Gasteiger partial charge on any atom is -0.392 e. The minimum atomic E-state index is -0.567. The number of aryl methyl sites for hydroxylation is 1. The summed E-state index contributed by atoms with van der Waals surface area (Å²) in [6, 6.07) is 15.5. The van der Waals surface area contributed by atoms with Crippen molar-refractivity contribution in [2.45, 2.75) is 20.0 Å². The molecule has 3 aromatic rings. The van der Waals surface area contributed by atoms with Crippen molar-refractivity contribution < 1.29 is 9.90 Å². The summed E-state index contributed by atoms with van der Waals surface area (Å²) in [4.78, 5) is 16.7. The van der Waals surface area contributed by atoms with E-state index in [0.717, 1.165) is 22.5 Å². The topological polar surface area (TPSA) is 67.2 Å². The number of carbonyl (C=O) groups is 1. The normalized spacial score (nSPS) is 12.3. The van der Waals surface area contributed by atoms with Gasteiger partial charge >= 0.3 is 0 Å². The highest BCUT2D eigenvalue weighted by molar-refractivity contribution is 5.97. The molecule has 0 aliphatic heterocycles. The molecule has 118 valence electrons. The predicted octanol–water partition coefficient (Wildman–Crippen LogP) is 2.44. The Morgan fingerprint density at radius 3 is 2.70 bits per heavy atom. The Balaban J connectivity index is 1.98. The molecule has 5 heteroatoms. The van der Waals surface area contributed by atoms with Crippen molar-refractivity contribution in [1.82, 2.24) is 14.9 Å². The molecule has 3 rings (SSSR count). The van der Waals surface area contributed by atoms with Crippen LogP contribution in [0.5, 0.6) is 0 Å². The van der Waals surface area contributed by atoms with Crippen LogP contribution in [0.1, 0.15) is 23.1 Å². The first kappa shape index (κ1) is 15.2. The minimum absolute atomic E-state index is 0.209. The molecule has 1 unspecified atom stereocenters. The molecule has 0 saturated heterocycles. The van der Waals surface area contributed by atoms with Gasteiger partial charge in [0.2, 0.25) is 0 Å². The van der Waals surface area contributed by atoms with E-state index in [0.29, 0.717) is 5.56 Å². The van der Waals surface area contributed by atoms with Crippen molar-refractivity contribution in [3.8, 4) is 5.69 Å². The Kier molecular flexibility index (Phi) is 4.12. The van der Waals surface area contributed by atoms with Gasteiger partial charge in [-0.05, 0) is 44.2 Å². The van der Waals surface area contributed by atoms with Gasteiger partial charge in [0.25, 0.3) is 5.91 Å². The van der Waals surface area contributed by atoms with E-state index in [1.165, 1.54) is 0 Å². The fraction of sp³-hybridized carbons (Fsp3) is 0.222. The lowest BCUT2D eigenvalue weighted by atomic mass is 10.2. The number of amides is 1. The fourth-order valence-corrected chi connectivity index (χ4v) is 2.59. The molecule has 1 heterocycles. The van der Waals surface area contributed by atoms with Crippen molar-refractivity contribution in [2.24, 2.45) is 0 Å². The fourth-order valence-electron chi connectivity index (χ4n) is 2.59. The highest BCUT2D eigenvalue weighted by atomic mass is 16.3. The Labute approximate surface area is 134 Å². The number of hydrogen-bond donors (Lipinski definition) is 2. The summed E-state index contributed by atoms with van der Waals surface area (Å²) < 4.78 is 2.06. The molecular formula is C18H19N3O2. The predicted molar refractivity (Wildman–Crippen MR) is 89.8 cm³/mol. The van der Waals surface area contributed by atoms with Crippen molar-refractivity contribution in [2.75, 3.05) is 6.54 Å². The molecule has 23 heavy (non-hydrogen) atoms. The number of carbonyl (C=O) groups excluding carboxylic acids is 1. The van der Waals surface area contributed by atoms with E-state index in [4.69, 9.17) is 0 Å². The van der Waals surface area contributed by atoms with Gasteiger partial charge in [-0.2, -0.15) is 0 Å². The van der Waals surface area contributed by atoms with Crippen molar-refractivity contribution >= 4 is 16.9 Å². The van der Waals surface area contributed by atoms with Crippen LogP contribution in [0.4, 0.5) is 0 Å². The Bertz CT molecular complexity index is 838. The van der Waals surface area contributed by atoms with Crippen LogP contribution in [0.25, 0.3) is 16.7 Å². The summed E-state index contributed by atoms with van der Waals surface area (Å²) in [5, 5.41) is 11.9. The van der Waals surface area contributed by atoms with Crippen molar-refractivity contribution in [3.05, 3.63) is 59.9 Å². The molecule has 2 N–H and O–H groups in total. The highest BCUT2D eigenvalue weighted by Gasteiger charge is 2.12. The maximum atomic E-state index is 12.1. The highest BCUT2D eigenvalue weighted by Crippen LogP contribution is 2.22. The van der Waals surface area contributed by atoms with Gasteiger partial charge in [-0.3, -0.25) is 9.36 Å². The molecule has 1 aromatic heterocycles. The second-order valence-corrected chi connectivity index (χ2v) is 5.59. The summed E-state index contributed by atoms with van der Waals surface area (Å²) in [7, 11) is 0. The van der Waals surface area contributed by atoms with E-state index in [9.17, 15) is 9.90 Å². The third-order valence-electron chi connectivity index (χ3n) is 3.66. The summed E-state index contributed by atoms with van der Waals surface area (Å²) in [6.45, 7) is 3.81. The van der Waals surface area contributed by atoms with E-state index in [-0.39, 0.29) is 12.5 Å². The molecule has 0 saturated carbocycles. The molecule has 2 aromatic carbocycles. The van der Waals surface area contributed by atoms with Gasteiger partial charge in [0.15, 0.2) is 0 Å². The molecule has 0 spiro atoms. The third kappa shape index (κ3) is 3.10. The molecule has 0 radical (unpaired) electrons. The maximum absolute atomic E-state index is 12.1. The third-order valence-corrected chi connectivity index (χ3v) is 3.66. The quantitative estimate of drug-likeness (QED) is 0.778. The average Bonchev–Trinajstić information content (AvgIpc) is 2.88. The van der Waals surface area contributed by atoms with Gasteiger partial charge in [0.05, 0.1) is 17.1 Å². The van der Waals surface area contributed by atoms with Crippen LogP contribution in [0, 0.1) is 6.92 Å². The number of aromatic nitrogens is 2. The van der Waals surface area contributed by atoms with Gasteiger partial charge in [-0.15, -0.1) is 0 Å². The molecule has 5 nitrogen and oxygen atoms in total. The summed E-state index contributed by atoms with van der Waals surface area (Å²) in [5.41, 5.74) is 3.31. The number of para-hydroxylation sites is 1. The molecule has 0 aliphatic rings. The molecule has 1 amide bonds. The van der Waals surface area contributed by atoms with Crippen LogP contribution < -0.4 is 5.32 Å². The second-order valence-electron chi connectivity index (χ2n) is 5.59. The first-order valence-electron chi connectivity index (χ1n) is 7.57. The number of aliphatic hydroxyl groups excluding tert-OH is 1. The van der Waals surface area contributed by atoms with Crippen molar-refractivity contribution in [3.63, 3.8) is 0 Å². The van der Waals surface area contributed by atoms with E-state index < -0.39 is 6.10 Å². The number of fused-ring (bicyclic) bond motifs is 1. The molecule has 0 fully saturated rings. The smallest absolute Gasteiger partial charge is 0.251 e. The lowest BCUT2D eigenvalue weighted by molar-refractivity contribution is 0.0924. The largest absolute Gasteiger partial charge is 0.392 e. The number of rotatable bonds is 4. The number of hydrogen-bond acceptors (Lipinski definition) is 3.